The summed E-state index contributed by atoms with van der Waals surface area (Å²) in [4.78, 5) is 26.9. The Hall–Kier alpha value is -3.79. The maximum absolute atomic E-state index is 14.2. The number of amides is 2. The van der Waals surface area contributed by atoms with Gasteiger partial charge in [0.1, 0.15) is 11.6 Å². The number of nitrogens with one attached hydrogen (secondary N) is 1. The molecule has 2 fully saturated rings. The van der Waals surface area contributed by atoms with Crippen molar-refractivity contribution in [3.8, 4) is 0 Å². The lowest BCUT2D eigenvalue weighted by Gasteiger charge is -2.45. The molecule has 2 heterocycles. The summed E-state index contributed by atoms with van der Waals surface area (Å²) in [6, 6.07) is 15.1. The summed E-state index contributed by atoms with van der Waals surface area (Å²) in [5, 5.41) is 2.84. The number of fused-ring (bicyclic) bond motifs is 2. The zero-order chi connectivity index (χ0) is 28.2. The fourth-order valence-corrected chi connectivity index (χ4v) is 8.21. The summed E-state index contributed by atoms with van der Waals surface area (Å²) in [5.41, 5.74) is 1.39. The fourth-order valence-electron chi connectivity index (χ4n) is 6.41. The summed E-state index contributed by atoms with van der Waals surface area (Å²) < 4.78 is 57.2. The van der Waals surface area contributed by atoms with Crippen molar-refractivity contribution in [2.45, 2.75) is 49.0 Å². The third-order valence-electron chi connectivity index (χ3n) is 8.47. The van der Waals surface area contributed by atoms with Crippen molar-refractivity contribution < 1.29 is 26.8 Å². The SMILES string of the molecule is CC(=O)N1CCC2(CC1)c1cc(NC(=O)c3cccc(F)c3)ccc1N(S(=O)(=O)c1ccc(F)cc1)C2C1CC1. The Morgan fingerprint density at radius 2 is 1.62 bits per heavy atom. The van der Waals surface area contributed by atoms with Gasteiger partial charge in [-0.2, -0.15) is 0 Å². The van der Waals surface area contributed by atoms with Gasteiger partial charge in [-0.05, 0) is 97.8 Å². The highest BCUT2D eigenvalue weighted by molar-refractivity contribution is 7.92. The van der Waals surface area contributed by atoms with Gasteiger partial charge < -0.3 is 10.2 Å². The predicted molar refractivity (Wildman–Crippen MR) is 147 cm³/mol. The molecule has 2 aliphatic heterocycles. The largest absolute Gasteiger partial charge is 0.343 e. The van der Waals surface area contributed by atoms with Crippen LogP contribution in [0, 0.1) is 17.6 Å². The summed E-state index contributed by atoms with van der Waals surface area (Å²) in [6.07, 6.45) is 2.90. The Morgan fingerprint density at radius 1 is 0.925 bits per heavy atom. The second-order valence-corrected chi connectivity index (χ2v) is 12.7. The zero-order valence-corrected chi connectivity index (χ0v) is 22.8. The smallest absolute Gasteiger partial charge is 0.264 e. The molecule has 208 valence electrons. The fraction of sp³-hybridized carbons (Fsp3) is 0.333. The van der Waals surface area contributed by atoms with Crippen LogP contribution in [0.15, 0.2) is 71.6 Å². The third-order valence-corrected chi connectivity index (χ3v) is 10.3. The summed E-state index contributed by atoms with van der Waals surface area (Å²) >= 11 is 0. The zero-order valence-electron chi connectivity index (χ0n) is 21.9. The monoisotopic (exact) mass is 565 g/mol. The molecule has 40 heavy (non-hydrogen) atoms. The summed E-state index contributed by atoms with van der Waals surface area (Å²) in [7, 11) is -4.05. The number of carbonyl (C=O) groups is 2. The molecule has 2 amide bonds. The van der Waals surface area contributed by atoms with Crippen molar-refractivity contribution in [1.82, 2.24) is 4.90 Å². The first-order valence-electron chi connectivity index (χ1n) is 13.4. The van der Waals surface area contributed by atoms with Crippen LogP contribution in [0.1, 0.15) is 48.5 Å². The van der Waals surface area contributed by atoms with Gasteiger partial charge in [-0.25, -0.2) is 17.2 Å². The van der Waals surface area contributed by atoms with Gasteiger partial charge in [0.15, 0.2) is 0 Å². The van der Waals surface area contributed by atoms with Crippen LogP contribution in [0.25, 0.3) is 0 Å². The molecule has 1 aliphatic carbocycles. The van der Waals surface area contributed by atoms with E-state index in [0.29, 0.717) is 37.3 Å². The molecule has 1 saturated heterocycles. The maximum Gasteiger partial charge on any atom is 0.264 e. The first-order valence-corrected chi connectivity index (χ1v) is 14.8. The van der Waals surface area contributed by atoms with Gasteiger partial charge in [-0.1, -0.05) is 6.07 Å². The predicted octanol–water partition coefficient (Wildman–Crippen LogP) is 5.08. The lowest BCUT2D eigenvalue weighted by atomic mass is 9.68. The Morgan fingerprint density at radius 3 is 2.25 bits per heavy atom. The van der Waals surface area contributed by atoms with Crippen molar-refractivity contribution in [2.24, 2.45) is 5.92 Å². The lowest BCUT2D eigenvalue weighted by molar-refractivity contribution is -0.130. The third kappa shape index (κ3) is 4.44. The highest BCUT2D eigenvalue weighted by atomic mass is 32.2. The molecule has 3 aromatic rings. The number of piperidine rings is 1. The normalized spacial score (nSPS) is 19.9. The molecule has 3 aromatic carbocycles. The Labute approximate surface area is 231 Å². The standard InChI is InChI=1S/C30H29F2N3O4S/c1-19(36)34-15-13-30(14-16-34)26-18-24(33-29(37)21-3-2-4-23(32)17-21)9-12-27(26)35(28(30)20-5-6-20)40(38,39)25-10-7-22(31)8-11-25/h2-4,7-12,17-18,20,28H,5-6,13-16H2,1H3,(H,33,37). The number of hydrogen-bond donors (Lipinski definition) is 1. The van der Waals surface area contributed by atoms with Gasteiger partial charge in [-0.3, -0.25) is 13.9 Å². The van der Waals surface area contributed by atoms with E-state index in [4.69, 9.17) is 0 Å². The van der Waals surface area contributed by atoms with Crippen LogP contribution < -0.4 is 9.62 Å². The van der Waals surface area contributed by atoms with Crippen LogP contribution in [-0.4, -0.2) is 44.3 Å². The van der Waals surface area contributed by atoms with Crippen LogP contribution in [0.2, 0.25) is 0 Å². The molecule has 0 radical (unpaired) electrons. The van der Waals surface area contributed by atoms with E-state index in [2.05, 4.69) is 5.32 Å². The minimum absolute atomic E-state index is 0.00667. The first-order chi connectivity index (χ1) is 19.1. The molecule has 0 bridgehead atoms. The van der Waals surface area contributed by atoms with Crippen molar-refractivity contribution in [2.75, 3.05) is 22.7 Å². The Bertz CT molecular complexity index is 1600. The van der Waals surface area contributed by atoms with Crippen LogP contribution >= 0.6 is 0 Å². The quantitative estimate of drug-likeness (QED) is 0.467. The van der Waals surface area contributed by atoms with E-state index < -0.39 is 33.0 Å². The van der Waals surface area contributed by atoms with E-state index >= 15 is 0 Å². The summed E-state index contributed by atoms with van der Waals surface area (Å²) in [5.74, 6) is -1.41. The molecular weight excluding hydrogens is 536 g/mol. The Kier molecular flexibility index (Phi) is 6.40. The molecule has 1 unspecified atom stereocenters. The average molecular weight is 566 g/mol. The molecule has 10 heteroatoms. The second-order valence-electron chi connectivity index (χ2n) is 10.9. The summed E-state index contributed by atoms with van der Waals surface area (Å²) in [6.45, 7) is 2.51. The minimum atomic E-state index is -4.05. The van der Waals surface area contributed by atoms with Crippen molar-refractivity contribution in [1.29, 1.82) is 0 Å². The molecule has 1 saturated carbocycles. The number of hydrogen-bond acceptors (Lipinski definition) is 4. The van der Waals surface area contributed by atoms with Gasteiger partial charge in [0.2, 0.25) is 5.91 Å². The van der Waals surface area contributed by atoms with Gasteiger partial charge in [-0.15, -0.1) is 0 Å². The van der Waals surface area contributed by atoms with Crippen LogP contribution in [0.5, 0.6) is 0 Å². The van der Waals surface area contributed by atoms with Crippen LogP contribution in [-0.2, 0) is 20.2 Å². The van der Waals surface area contributed by atoms with Crippen molar-refractivity contribution >= 4 is 33.2 Å². The van der Waals surface area contributed by atoms with E-state index in [1.165, 1.54) is 41.6 Å². The van der Waals surface area contributed by atoms with Gasteiger partial charge in [0.05, 0.1) is 16.6 Å². The van der Waals surface area contributed by atoms with Crippen LogP contribution in [0.4, 0.5) is 20.2 Å². The van der Waals surface area contributed by atoms with E-state index in [9.17, 15) is 26.8 Å². The van der Waals surface area contributed by atoms with E-state index in [1.54, 1.807) is 17.0 Å². The molecule has 1 atom stereocenters. The second kappa shape index (κ2) is 9.69. The number of likely N-dealkylation sites (tertiary alicyclic amines) is 1. The van der Waals surface area contributed by atoms with Gasteiger partial charge >= 0.3 is 0 Å². The number of nitrogens with zero attached hydrogens (tertiary/aromatic N) is 2. The molecule has 1 spiro atoms. The molecule has 1 N–H and O–H groups in total. The Balaban J connectivity index is 1.45. The van der Waals surface area contributed by atoms with E-state index in [1.807, 2.05) is 6.07 Å². The maximum atomic E-state index is 14.2. The van der Waals surface area contributed by atoms with Crippen molar-refractivity contribution in [3.05, 3.63) is 89.5 Å². The highest BCUT2D eigenvalue weighted by Gasteiger charge is 2.60. The minimum Gasteiger partial charge on any atom is -0.343 e. The lowest BCUT2D eigenvalue weighted by Crippen LogP contribution is -2.54. The number of sulfonamides is 1. The van der Waals surface area contributed by atoms with E-state index in [0.717, 1.165) is 36.6 Å². The van der Waals surface area contributed by atoms with Gasteiger partial charge in [0, 0.05) is 36.7 Å². The number of rotatable bonds is 5. The van der Waals surface area contributed by atoms with Crippen LogP contribution in [0.3, 0.4) is 0 Å². The van der Waals surface area contributed by atoms with E-state index in [-0.39, 0.29) is 28.3 Å². The highest BCUT2D eigenvalue weighted by Crippen LogP contribution is 2.59. The number of carbonyl (C=O) groups excluding carboxylic acids is 2. The first kappa shape index (κ1) is 26.4. The molecule has 7 nitrogen and oxygen atoms in total. The average Bonchev–Trinajstić information content (AvgIpc) is 3.73. The number of benzene rings is 3. The number of halogens is 2. The number of anilines is 2. The topological polar surface area (TPSA) is 86.8 Å². The molecule has 6 rings (SSSR count). The molecule has 0 aromatic heterocycles. The van der Waals surface area contributed by atoms with Crippen molar-refractivity contribution in [3.63, 3.8) is 0 Å². The molecular formula is C30H29F2N3O4S. The molecule has 3 aliphatic rings. The van der Waals surface area contributed by atoms with Gasteiger partial charge in [0.25, 0.3) is 15.9 Å².